The molecule has 84 valence electrons. The smallest absolute Gasteiger partial charge is 0.220 e. The van der Waals surface area contributed by atoms with E-state index in [0.29, 0.717) is 6.61 Å². The van der Waals surface area contributed by atoms with Crippen LogP contribution in [0, 0.1) is 6.92 Å². The molecule has 2 aromatic rings. The molecule has 1 aromatic heterocycles. The lowest BCUT2D eigenvalue weighted by Gasteiger charge is -2.03. The van der Waals surface area contributed by atoms with Crippen LogP contribution >= 0.6 is 11.3 Å². The Morgan fingerprint density at radius 2 is 2.38 bits per heavy atom. The summed E-state index contributed by atoms with van der Waals surface area (Å²) in [4.78, 5) is 14.9. The predicted molar refractivity (Wildman–Crippen MR) is 63.7 cm³/mol. The minimum atomic E-state index is -0.352. The van der Waals surface area contributed by atoms with Crippen molar-refractivity contribution in [3.8, 4) is 5.75 Å². The summed E-state index contributed by atoms with van der Waals surface area (Å²) in [6.45, 7) is 2.29. The highest BCUT2D eigenvalue weighted by atomic mass is 32.1. The first kappa shape index (κ1) is 10.9. The second-order valence-corrected chi connectivity index (χ2v) is 4.66. The molecular formula is C11H12N2O2S. The molecule has 0 saturated carbocycles. The molecular weight excluding hydrogens is 224 g/mol. The lowest BCUT2D eigenvalue weighted by molar-refractivity contribution is -0.118. The topological polar surface area (TPSA) is 65.2 Å². The van der Waals surface area contributed by atoms with Gasteiger partial charge in [0.25, 0.3) is 0 Å². The van der Waals surface area contributed by atoms with Gasteiger partial charge in [-0.2, -0.15) is 0 Å². The lowest BCUT2D eigenvalue weighted by atomic mass is 10.3. The summed E-state index contributed by atoms with van der Waals surface area (Å²) < 4.78 is 6.50. The Morgan fingerprint density at radius 3 is 3.12 bits per heavy atom. The summed E-state index contributed by atoms with van der Waals surface area (Å²) in [5.41, 5.74) is 6.00. The predicted octanol–water partition coefficient (Wildman–Crippen LogP) is 1.86. The summed E-state index contributed by atoms with van der Waals surface area (Å²) >= 11 is 1.62. The molecule has 0 saturated heterocycles. The third-order valence-electron chi connectivity index (χ3n) is 2.08. The van der Waals surface area contributed by atoms with Crippen molar-refractivity contribution in [1.82, 2.24) is 4.98 Å². The summed E-state index contributed by atoms with van der Waals surface area (Å²) in [5.74, 6) is 0.395. The second-order valence-electron chi connectivity index (χ2n) is 3.43. The number of hydrogen-bond donors (Lipinski definition) is 1. The van der Waals surface area contributed by atoms with E-state index in [1.807, 2.05) is 25.1 Å². The molecule has 0 bridgehead atoms. The number of rotatable bonds is 4. The second kappa shape index (κ2) is 4.49. The number of amides is 1. The minimum absolute atomic E-state index is 0.236. The lowest BCUT2D eigenvalue weighted by Crippen LogP contribution is -2.14. The number of nitrogens with zero attached hydrogens (tertiary/aromatic N) is 1. The van der Waals surface area contributed by atoms with Crippen molar-refractivity contribution in [3.05, 3.63) is 23.2 Å². The Balaban J connectivity index is 2.10. The van der Waals surface area contributed by atoms with Crippen LogP contribution in [-0.4, -0.2) is 17.5 Å². The molecule has 1 amide bonds. The molecule has 0 aliphatic carbocycles. The van der Waals surface area contributed by atoms with E-state index in [1.54, 1.807) is 11.3 Å². The fourth-order valence-electron chi connectivity index (χ4n) is 1.38. The van der Waals surface area contributed by atoms with Crippen LogP contribution in [0.5, 0.6) is 5.75 Å². The standard InChI is InChI=1S/C11H12N2O2S/c1-7-13-9-3-2-8(6-10(9)16-7)15-5-4-11(12)14/h2-3,6H,4-5H2,1H3,(H2,12,14). The quantitative estimate of drug-likeness (QED) is 0.881. The van der Waals surface area contributed by atoms with Crippen LogP contribution in [0.4, 0.5) is 0 Å². The van der Waals surface area contributed by atoms with E-state index < -0.39 is 0 Å². The third-order valence-corrected chi connectivity index (χ3v) is 3.02. The van der Waals surface area contributed by atoms with Gasteiger partial charge in [-0.15, -0.1) is 11.3 Å². The number of hydrogen-bond acceptors (Lipinski definition) is 4. The van der Waals surface area contributed by atoms with Crippen LogP contribution < -0.4 is 10.5 Å². The first-order valence-corrected chi connectivity index (χ1v) is 5.75. The number of ether oxygens (including phenoxy) is 1. The van der Waals surface area contributed by atoms with Gasteiger partial charge in [0.2, 0.25) is 5.91 Å². The van der Waals surface area contributed by atoms with Gasteiger partial charge < -0.3 is 10.5 Å². The van der Waals surface area contributed by atoms with E-state index in [9.17, 15) is 4.79 Å². The molecule has 2 N–H and O–H groups in total. The Hall–Kier alpha value is -1.62. The van der Waals surface area contributed by atoms with Crippen molar-refractivity contribution in [1.29, 1.82) is 0 Å². The van der Waals surface area contributed by atoms with Gasteiger partial charge in [-0.1, -0.05) is 0 Å². The summed E-state index contributed by atoms with van der Waals surface area (Å²) in [5, 5.41) is 1.03. The van der Waals surface area contributed by atoms with E-state index in [0.717, 1.165) is 21.0 Å². The number of carbonyl (C=O) groups is 1. The van der Waals surface area contributed by atoms with Gasteiger partial charge in [0.1, 0.15) is 5.75 Å². The average Bonchev–Trinajstić information content (AvgIpc) is 2.56. The maximum Gasteiger partial charge on any atom is 0.220 e. The van der Waals surface area contributed by atoms with Crippen LogP contribution in [0.1, 0.15) is 11.4 Å². The number of fused-ring (bicyclic) bond motifs is 1. The van der Waals surface area contributed by atoms with Crippen molar-refractivity contribution < 1.29 is 9.53 Å². The number of aryl methyl sites for hydroxylation is 1. The molecule has 0 aliphatic heterocycles. The van der Waals surface area contributed by atoms with E-state index in [2.05, 4.69) is 4.98 Å². The first-order valence-electron chi connectivity index (χ1n) is 4.93. The van der Waals surface area contributed by atoms with Gasteiger partial charge in [0.15, 0.2) is 0 Å². The maximum absolute atomic E-state index is 10.5. The van der Waals surface area contributed by atoms with Gasteiger partial charge in [0, 0.05) is 0 Å². The molecule has 0 fully saturated rings. The molecule has 2 rings (SSSR count). The van der Waals surface area contributed by atoms with Crippen molar-refractivity contribution in [2.45, 2.75) is 13.3 Å². The monoisotopic (exact) mass is 236 g/mol. The Labute approximate surface area is 97.0 Å². The van der Waals surface area contributed by atoms with Crippen LogP contribution in [-0.2, 0) is 4.79 Å². The van der Waals surface area contributed by atoms with Crippen LogP contribution in [0.15, 0.2) is 18.2 Å². The van der Waals surface area contributed by atoms with E-state index >= 15 is 0 Å². The van der Waals surface area contributed by atoms with Crippen molar-refractivity contribution in [2.24, 2.45) is 5.73 Å². The van der Waals surface area contributed by atoms with Crippen molar-refractivity contribution in [3.63, 3.8) is 0 Å². The molecule has 0 unspecified atom stereocenters. The Bertz CT molecular complexity index is 522. The van der Waals surface area contributed by atoms with E-state index in [4.69, 9.17) is 10.5 Å². The molecule has 4 nitrogen and oxygen atoms in total. The summed E-state index contributed by atoms with van der Waals surface area (Å²) in [6, 6.07) is 5.70. The minimum Gasteiger partial charge on any atom is -0.493 e. The van der Waals surface area contributed by atoms with Crippen molar-refractivity contribution >= 4 is 27.5 Å². The SMILES string of the molecule is Cc1nc2ccc(OCCC(N)=O)cc2s1. The number of aromatic nitrogens is 1. The van der Waals surface area contributed by atoms with Gasteiger partial charge in [-0.3, -0.25) is 4.79 Å². The van der Waals surface area contributed by atoms with Gasteiger partial charge >= 0.3 is 0 Å². The summed E-state index contributed by atoms with van der Waals surface area (Å²) in [7, 11) is 0. The van der Waals surface area contributed by atoms with Crippen LogP contribution in [0.25, 0.3) is 10.2 Å². The number of thiazole rings is 1. The highest BCUT2D eigenvalue weighted by Crippen LogP contribution is 2.25. The zero-order valence-corrected chi connectivity index (χ0v) is 9.71. The van der Waals surface area contributed by atoms with Crippen molar-refractivity contribution in [2.75, 3.05) is 6.61 Å². The third kappa shape index (κ3) is 2.49. The molecule has 0 atom stereocenters. The zero-order valence-electron chi connectivity index (χ0n) is 8.90. The first-order chi connectivity index (χ1) is 7.65. The number of primary amides is 1. The van der Waals surface area contributed by atoms with Gasteiger partial charge in [-0.05, 0) is 25.1 Å². The molecule has 5 heteroatoms. The van der Waals surface area contributed by atoms with Crippen LogP contribution in [0.2, 0.25) is 0 Å². The Morgan fingerprint density at radius 1 is 1.56 bits per heavy atom. The number of nitrogens with two attached hydrogens (primary N) is 1. The fourth-order valence-corrected chi connectivity index (χ4v) is 2.23. The molecule has 0 aliphatic rings. The highest BCUT2D eigenvalue weighted by molar-refractivity contribution is 7.18. The molecule has 1 heterocycles. The van der Waals surface area contributed by atoms with E-state index in [-0.39, 0.29) is 12.3 Å². The molecule has 0 spiro atoms. The normalized spacial score (nSPS) is 10.6. The fraction of sp³-hybridized carbons (Fsp3) is 0.273. The molecule has 1 aromatic carbocycles. The largest absolute Gasteiger partial charge is 0.493 e. The zero-order chi connectivity index (χ0) is 11.5. The average molecular weight is 236 g/mol. The Kier molecular flexibility index (Phi) is 3.05. The van der Waals surface area contributed by atoms with E-state index in [1.165, 1.54) is 0 Å². The molecule has 0 radical (unpaired) electrons. The number of benzene rings is 1. The summed E-state index contributed by atoms with van der Waals surface area (Å²) in [6.07, 6.45) is 0.236. The van der Waals surface area contributed by atoms with Crippen LogP contribution in [0.3, 0.4) is 0 Å². The highest BCUT2D eigenvalue weighted by Gasteiger charge is 2.02. The maximum atomic E-state index is 10.5. The molecule has 16 heavy (non-hydrogen) atoms. The van der Waals surface area contributed by atoms with Gasteiger partial charge in [0.05, 0.1) is 28.3 Å². The number of carbonyl (C=O) groups excluding carboxylic acids is 1. The van der Waals surface area contributed by atoms with Gasteiger partial charge in [-0.25, -0.2) is 4.98 Å².